The van der Waals surface area contributed by atoms with E-state index in [0.29, 0.717) is 37.0 Å². The number of aliphatic hydroxyl groups excluding tert-OH is 13. The highest BCUT2D eigenvalue weighted by atomic mass is 16.8. The summed E-state index contributed by atoms with van der Waals surface area (Å²) in [5, 5.41) is 138. The van der Waals surface area contributed by atoms with Crippen LogP contribution in [0.15, 0.2) is 11.6 Å². The molecule has 22 nitrogen and oxygen atoms in total. The van der Waals surface area contributed by atoms with Crippen LogP contribution >= 0.6 is 0 Å². The molecule has 73 heavy (non-hydrogen) atoms. The minimum absolute atomic E-state index is 0.000113. The van der Waals surface area contributed by atoms with Crippen LogP contribution in [0.5, 0.6) is 0 Å². The molecule has 5 heterocycles. The molecule has 22 heteroatoms. The van der Waals surface area contributed by atoms with Gasteiger partial charge >= 0.3 is 0 Å². The van der Waals surface area contributed by atoms with Crippen molar-refractivity contribution in [1.29, 1.82) is 0 Å². The lowest BCUT2D eigenvalue weighted by Gasteiger charge is -2.58. The van der Waals surface area contributed by atoms with E-state index in [4.69, 9.17) is 42.6 Å². The Labute approximate surface area is 426 Å². The van der Waals surface area contributed by atoms with E-state index in [1.165, 1.54) is 19.4 Å². The zero-order chi connectivity index (χ0) is 52.7. The molecule has 2 unspecified atom stereocenters. The van der Waals surface area contributed by atoms with Crippen molar-refractivity contribution in [2.24, 2.45) is 46.3 Å². The topological polar surface area (TPSA) is 346 Å². The molecule has 3 saturated carbocycles. The maximum absolute atomic E-state index is 12.0. The van der Waals surface area contributed by atoms with Gasteiger partial charge in [-0.1, -0.05) is 39.3 Å². The van der Waals surface area contributed by atoms with Gasteiger partial charge in [0, 0.05) is 0 Å². The summed E-state index contributed by atoms with van der Waals surface area (Å²) in [6, 6.07) is 0. The first-order valence-corrected chi connectivity index (χ1v) is 26.8. The fourth-order valence-corrected chi connectivity index (χ4v) is 15.1. The number of ether oxygens (including phenoxy) is 9. The van der Waals surface area contributed by atoms with Gasteiger partial charge in [0.05, 0.1) is 56.4 Å². The minimum Gasteiger partial charge on any atom is -0.394 e. The van der Waals surface area contributed by atoms with Gasteiger partial charge in [-0.25, -0.2) is 0 Å². The Bertz CT molecular complexity index is 1880. The number of hydrogen-bond acceptors (Lipinski definition) is 22. The minimum atomic E-state index is -1.75. The van der Waals surface area contributed by atoms with E-state index in [-0.39, 0.29) is 47.4 Å². The van der Waals surface area contributed by atoms with Crippen molar-refractivity contribution >= 4 is 0 Å². The molecule has 9 aliphatic rings. The number of fused-ring (bicyclic) bond motifs is 7. The molecule has 5 saturated heterocycles. The van der Waals surface area contributed by atoms with E-state index in [2.05, 4.69) is 26.8 Å². The molecule has 0 aromatic heterocycles. The SMILES string of the molecule is C[C@@H](CO[C@@H]1O[C@H](CO)[C@@H](O)[C@H](O)[C@H]1O)CC(O)C1O[C@H]2C[C@H]3[C@@H]4CC=C5C[C@@H](O[C@@H]6O[C@H](CO)[C@@H](O[C@@H]7O[C@@H](C)[C@H](O)[C@@H](O)[C@H]7O)[C@H](O)[C@H]6O[C@@H]6O[C@@H](C)[C@H](O)[C@@H](O)[C@H]6O)CC[C@]5(C)[C@H]4CC[C@]3(C)[C@H]2[C@@H]1C. The summed E-state index contributed by atoms with van der Waals surface area (Å²) in [4.78, 5) is 0. The van der Waals surface area contributed by atoms with Crippen LogP contribution in [-0.4, -0.2) is 233 Å². The van der Waals surface area contributed by atoms with Crippen molar-refractivity contribution in [1.82, 2.24) is 0 Å². The zero-order valence-electron chi connectivity index (χ0n) is 42.7. The van der Waals surface area contributed by atoms with E-state index in [9.17, 15) is 66.4 Å². The van der Waals surface area contributed by atoms with Crippen LogP contribution in [0.25, 0.3) is 0 Å². The zero-order valence-corrected chi connectivity index (χ0v) is 42.7. The molecule has 5 aliphatic heterocycles. The first-order chi connectivity index (χ1) is 34.5. The maximum Gasteiger partial charge on any atom is 0.187 e. The van der Waals surface area contributed by atoms with Crippen molar-refractivity contribution in [2.75, 3.05) is 19.8 Å². The van der Waals surface area contributed by atoms with Crippen molar-refractivity contribution in [2.45, 2.75) is 240 Å². The first kappa shape index (κ1) is 56.6. The van der Waals surface area contributed by atoms with Gasteiger partial charge in [0.25, 0.3) is 0 Å². The average Bonchev–Trinajstić information content (AvgIpc) is 3.86. The Morgan fingerprint density at radius 1 is 0.630 bits per heavy atom. The van der Waals surface area contributed by atoms with Crippen molar-refractivity contribution in [3.8, 4) is 0 Å². The van der Waals surface area contributed by atoms with E-state index < -0.39 is 148 Å². The third-order valence-electron chi connectivity index (χ3n) is 19.3. The Balaban J connectivity index is 0.845. The van der Waals surface area contributed by atoms with Gasteiger partial charge < -0.3 is 109 Å². The molecule has 0 bridgehead atoms. The molecule has 0 spiro atoms. The lowest BCUT2D eigenvalue weighted by Crippen LogP contribution is -2.66. The van der Waals surface area contributed by atoms with Crippen LogP contribution in [-0.2, 0) is 42.6 Å². The van der Waals surface area contributed by atoms with Gasteiger partial charge in [0.15, 0.2) is 25.2 Å². The lowest BCUT2D eigenvalue weighted by atomic mass is 9.47. The number of allylic oxidation sites excluding steroid dienone is 1. The molecule has 0 amide bonds. The Morgan fingerprint density at radius 2 is 1.22 bits per heavy atom. The van der Waals surface area contributed by atoms with Gasteiger partial charge in [-0.2, -0.15) is 0 Å². The number of aliphatic hydroxyl groups is 13. The second kappa shape index (κ2) is 22.2. The standard InChI is InChI=1S/C51H84O22/c1-19(18-65-46-39(61)38(60)35(57)30(16-52)70-46)13-28(54)43-20(2)32-29(69-43)15-27-25-8-7-23-14-24(9-11-50(23,5)26(25)10-12-51(27,32)6)68-49-45(73-48-41(63)37(59)34(56)22(4)67-48)42(64)44(31(17-53)71-49)72-47-40(62)36(58)33(55)21(3)66-47/h7,19-22,24-49,52-64H,8-18H2,1-6H3/t19-,20+,21+,22+,24+,25-,26+,27+,28?,29+,30-,31-,32+,33+,34+,35-,36-,37-,38+,39-,40-,41-,42+,43?,44-,45-,46-,47+,48+,49-,50+,51+/m1/s1. The molecule has 8 fully saturated rings. The molecule has 9 rings (SSSR count). The largest absolute Gasteiger partial charge is 0.394 e. The summed E-state index contributed by atoms with van der Waals surface area (Å²) < 4.78 is 54.7. The monoisotopic (exact) mass is 1050 g/mol. The molecule has 420 valence electrons. The summed E-state index contributed by atoms with van der Waals surface area (Å²) in [7, 11) is 0. The summed E-state index contributed by atoms with van der Waals surface area (Å²) >= 11 is 0. The Hall–Kier alpha value is -1.14. The van der Waals surface area contributed by atoms with Crippen molar-refractivity contribution in [3.05, 3.63) is 11.6 Å². The fourth-order valence-electron chi connectivity index (χ4n) is 15.1. The summed E-state index contributed by atoms with van der Waals surface area (Å²) in [5.41, 5.74) is 1.15. The molecule has 4 aliphatic carbocycles. The molecule has 0 aromatic carbocycles. The summed E-state index contributed by atoms with van der Waals surface area (Å²) in [5.74, 6) is 1.42. The van der Waals surface area contributed by atoms with Crippen molar-refractivity contribution in [3.63, 3.8) is 0 Å². The molecule has 13 N–H and O–H groups in total. The van der Waals surface area contributed by atoms with Gasteiger partial charge in [0.1, 0.15) is 85.5 Å². The maximum atomic E-state index is 12.0. The fraction of sp³-hybridized carbons (Fsp3) is 0.961. The molecular formula is C51H84O22. The smallest absolute Gasteiger partial charge is 0.187 e. The lowest BCUT2D eigenvalue weighted by molar-refractivity contribution is -0.388. The van der Waals surface area contributed by atoms with E-state index in [1.54, 1.807) is 0 Å². The molecule has 0 aromatic rings. The van der Waals surface area contributed by atoms with Crippen LogP contribution in [0.2, 0.25) is 0 Å². The quantitative estimate of drug-likeness (QED) is 0.0812. The second-order valence-electron chi connectivity index (χ2n) is 23.8. The van der Waals surface area contributed by atoms with Gasteiger partial charge in [0.2, 0.25) is 0 Å². The first-order valence-electron chi connectivity index (χ1n) is 26.8. The van der Waals surface area contributed by atoms with E-state index in [0.717, 1.165) is 32.1 Å². The third kappa shape index (κ3) is 10.3. The van der Waals surface area contributed by atoms with E-state index >= 15 is 0 Å². The third-order valence-corrected chi connectivity index (χ3v) is 19.3. The van der Waals surface area contributed by atoms with Gasteiger partial charge in [-0.15, -0.1) is 0 Å². The predicted octanol–water partition coefficient (Wildman–Crippen LogP) is -2.33. The van der Waals surface area contributed by atoms with Crippen LogP contribution < -0.4 is 0 Å². The van der Waals surface area contributed by atoms with Gasteiger partial charge in [-0.3, -0.25) is 0 Å². The van der Waals surface area contributed by atoms with Crippen LogP contribution in [0, 0.1) is 46.3 Å². The predicted molar refractivity (Wildman–Crippen MR) is 249 cm³/mol. The Kier molecular flexibility index (Phi) is 17.2. The van der Waals surface area contributed by atoms with E-state index in [1.807, 2.05) is 6.92 Å². The van der Waals surface area contributed by atoms with Crippen LogP contribution in [0.1, 0.15) is 92.9 Å². The Morgan fingerprint density at radius 3 is 1.85 bits per heavy atom. The highest BCUT2D eigenvalue weighted by Gasteiger charge is 2.66. The molecule has 32 atom stereocenters. The van der Waals surface area contributed by atoms with Gasteiger partial charge in [-0.05, 0) is 112 Å². The van der Waals surface area contributed by atoms with Crippen LogP contribution in [0.4, 0.5) is 0 Å². The highest BCUT2D eigenvalue weighted by Crippen LogP contribution is 2.69. The molecular weight excluding hydrogens is 965 g/mol. The number of hydrogen-bond donors (Lipinski definition) is 13. The highest BCUT2D eigenvalue weighted by molar-refractivity contribution is 5.26. The number of rotatable bonds is 14. The summed E-state index contributed by atoms with van der Waals surface area (Å²) in [6.07, 6.45) is -21.9. The van der Waals surface area contributed by atoms with Crippen LogP contribution in [0.3, 0.4) is 0 Å². The summed E-state index contributed by atoms with van der Waals surface area (Å²) in [6.45, 7) is 10.7. The average molecular weight is 1050 g/mol. The molecule has 0 radical (unpaired) electrons. The second-order valence-corrected chi connectivity index (χ2v) is 23.8. The van der Waals surface area contributed by atoms with Crippen molar-refractivity contribution < 1.29 is 109 Å². The normalized spacial score (nSPS) is 54.9.